The van der Waals surface area contributed by atoms with Crippen LogP contribution < -0.4 is 5.73 Å². The van der Waals surface area contributed by atoms with Gasteiger partial charge in [0, 0.05) is 6.26 Å². The van der Waals surface area contributed by atoms with Crippen LogP contribution in [0.25, 0.3) is 0 Å². The van der Waals surface area contributed by atoms with Crippen LogP contribution in [0.15, 0.2) is 23.4 Å². The van der Waals surface area contributed by atoms with Gasteiger partial charge in [-0.2, -0.15) is 0 Å². The highest BCUT2D eigenvalue weighted by Gasteiger charge is 2.22. The minimum absolute atomic E-state index is 0.00540. The molecule has 118 valence electrons. The third kappa shape index (κ3) is 6.65. The predicted octanol–water partition coefficient (Wildman–Crippen LogP) is 2.28. The molecule has 0 radical (unpaired) electrons. The van der Waals surface area contributed by atoms with Gasteiger partial charge in [0.15, 0.2) is 9.84 Å². The van der Waals surface area contributed by atoms with Crippen LogP contribution in [0.3, 0.4) is 0 Å². The monoisotopic (exact) mass is 356 g/mol. The topological polar surface area (TPSA) is 119 Å². The summed E-state index contributed by atoms with van der Waals surface area (Å²) < 4.78 is 26.7. The number of nitrogens with zero attached hydrogens (tertiary/aromatic N) is 1. The van der Waals surface area contributed by atoms with Crippen molar-refractivity contribution < 1.29 is 23.2 Å². The molecule has 0 saturated heterocycles. The summed E-state index contributed by atoms with van der Waals surface area (Å²) in [5, 5.41) is 11.0. The fourth-order valence-electron chi connectivity index (χ4n) is 1.15. The number of ether oxygens (including phenoxy) is 1. The van der Waals surface area contributed by atoms with Gasteiger partial charge in [-0.25, -0.2) is 13.2 Å². The van der Waals surface area contributed by atoms with E-state index in [1.807, 2.05) is 0 Å². The van der Waals surface area contributed by atoms with Crippen LogP contribution in [0.2, 0.25) is 10.0 Å². The molecule has 1 aromatic carbocycles. The van der Waals surface area contributed by atoms with Crippen molar-refractivity contribution in [2.45, 2.75) is 6.92 Å². The number of benzene rings is 1. The summed E-state index contributed by atoms with van der Waals surface area (Å²) in [4.78, 5) is 9.60. The number of carbonyl (C=O) groups is 1. The van der Waals surface area contributed by atoms with Crippen LogP contribution in [0.1, 0.15) is 12.5 Å². The highest BCUT2D eigenvalue weighted by atomic mass is 35.5. The SMILES string of the molecule is CCOC(N)=O.CS(=O)(=O)/C(=N/O)c1c(Cl)cccc1Cl. The van der Waals surface area contributed by atoms with E-state index in [1.54, 1.807) is 13.0 Å². The summed E-state index contributed by atoms with van der Waals surface area (Å²) in [6.45, 7) is 2.06. The van der Waals surface area contributed by atoms with Crippen LogP contribution in [-0.4, -0.2) is 37.6 Å². The third-order valence-electron chi connectivity index (χ3n) is 1.91. The lowest BCUT2D eigenvalue weighted by atomic mass is 10.2. The van der Waals surface area contributed by atoms with Gasteiger partial charge in [-0.1, -0.05) is 34.4 Å². The van der Waals surface area contributed by atoms with Crippen molar-refractivity contribution in [1.29, 1.82) is 0 Å². The Hall–Kier alpha value is -1.51. The van der Waals surface area contributed by atoms with Crippen LogP contribution in [0.5, 0.6) is 0 Å². The summed E-state index contributed by atoms with van der Waals surface area (Å²) >= 11 is 11.5. The second-order valence-electron chi connectivity index (χ2n) is 3.53. The normalized spacial score (nSPS) is 11.3. The Balaban J connectivity index is 0.000000567. The molecule has 1 rings (SSSR count). The number of sulfone groups is 1. The second kappa shape index (κ2) is 8.71. The number of amides is 1. The van der Waals surface area contributed by atoms with Gasteiger partial charge in [-0.15, -0.1) is 0 Å². The Kier molecular flexibility index (Phi) is 8.08. The molecule has 0 fully saturated rings. The number of hydrogen-bond acceptors (Lipinski definition) is 6. The minimum Gasteiger partial charge on any atom is -0.450 e. The molecule has 0 aliphatic rings. The second-order valence-corrected chi connectivity index (χ2v) is 6.27. The average molecular weight is 357 g/mol. The van der Waals surface area contributed by atoms with Gasteiger partial charge in [0.25, 0.3) is 0 Å². The Morgan fingerprint density at radius 1 is 1.38 bits per heavy atom. The molecule has 7 nitrogen and oxygen atoms in total. The maximum atomic E-state index is 11.3. The number of primary amides is 1. The molecule has 0 heterocycles. The van der Waals surface area contributed by atoms with Crippen molar-refractivity contribution in [3.63, 3.8) is 0 Å². The van der Waals surface area contributed by atoms with Crippen LogP contribution in [0, 0.1) is 0 Å². The zero-order chi connectivity index (χ0) is 16.6. The first kappa shape index (κ1) is 19.5. The number of carbonyl (C=O) groups excluding carboxylic acids is 1. The first-order chi connectivity index (χ1) is 9.65. The van der Waals surface area contributed by atoms with Gasteiger partial charge in [0.05, 0.1) is 22.2 Å². The maximum absolute atomic E-state index is 11.3. The third-order valence-corrected chi connectivity index (χ3v) is 3.52. The van der Waals surface area contributed by atoms with E-state index in [1.165, 1.54) is 12.1 Å². The van der Waals surface area contributed by atoms with Crippen LogP contribution >= 0.6 is 23.2 Å². The van der Waals surface area contributed by atoms with Crippen molar-refractivity contribution in [1.82, 2.24) is 0 Å². The van der Waals surface area contributed by atoms with Crippen molar-refractivity contribution >= 4 is 44.2 Å². The number of halogens is 2. The summed E-state index contributed by atoms with van der Waals surface area (Å²) in [5.74, 6) is 0. The molecule has 0 aliphatic heterocycles. The zero-order valence-electron chi connectivity index (χ0n) is 11.2. The Morgan fingerprint density at radius 3 is 2.10 bits per heavy atom. The molecule has 10 heteroatoms. The van der Waals surface area contributed by atoms with Crippen molar-refractivity contribution in [3.8, 4) is 0 Å². The van der Waals surface area contributed by atoms with E-state index in [-0.39, 0.29) is 15.6 Å². The molecule has 0 aromatic heterocycles. The quantitative estimate of drug-likeness (QED) is 0.364. The summed E-state index contributed by atoms with van der Waals surface area (Å²) in [5.41, 5.74) is 4.55. The highest BCUT2D eigenvalue weighted by molar-refractivity contribution is 8.06. The van der Waals surface area contributed by atoms with E-state index >= 15 is 0 Å². The summed E-state index contributed by atoms with van der Waals surface area (Å²) in [6, 6.07) is 4.48. The molecular formula is C11H14Cl2N2O5S. The molecule has 0 spiro atoms. The van der Waals surface area contributed by atoms with Gasteiger partial charge in [0.2, 0.25) is 5.04 Å². The van der Waals surface area contributed by atoms with Crippen LogP contribution in [0.4, 0.5) is 4.79 Å². The number of rotatable bonds is 2. The molecule has 0 unspecified atom stereocenters. The first-order valence-corrected chi connectivity index (χ1v) is 8.08. The van der Waals surface area contributed by atoms with Crippen molar-refractivity contribution in [2.24, 2.45) is 10.9 Å². The Bertz CT molecular complexity index is 611. The molecule has 1 aromatic rings. The lowest BCUT2D eigenvalue weighted by Crippen LogP contribution is -2.15. The van der Waals surface area contributed by atoms with Gasteiger partial charge in [0.1, 0.15) is 0 Å². The van der Waals surface area contributed by atoms with E-state index in [4.69, 9.17) is 28.4 Å². The molecule has 0 bridgehead atoms. The molecule has 1 amide bonds. The molecule has 0 aliphatic carbocycles. The molecule has 3 N–H and O–H groups in total. The standard InChI is InChI=1S/C8H7Cl2NO3S.C3H7NO2/c1-15(13,14)8(11-12)7-5(9)3-2-4-6(7)10;1-2-6-3(4)5/h2-4,12H,1H3;2H2,1H3,(H2,4,5)/b11-8+;. The first-order valence-electron chi connectivity index (χ1n) is 5.43. The Morgan fingerprint density at radius 2 is 1.86 bits per heavy atom. The van der Waals surface area contributed by atoms with E-state index in [2.05, 4.69) is 15.6 Å². The number of oxime groups is 1. The fourth-order valence-corrected chi connectivity index (χ4v) is 2.58. The van der Waals surface area contributed by atoms with Crippen LogP contribution in [-0.2, 0) is 14.6 Å². The van der Waals surface area contributed by atoms with Crippen molar-refractivity contribution in [2.75, 3.05) is 12.9 Å². The Labute approximate surface area is 132 Å². The number of nitrogens with two attached hydrogens (primary N) is 1. The van der Waals surface area contributed by atoms with Gasteiger partial charge >= 0.3 is 6.09 Å². The van der Waals surface area contributed by atoms with E-state index in [0.717, 1.165) is 6.26 Å². The maximum Gasteiger partial charge on any atom is 0.404 e. The minimum atomic E-state index is -3.68. The molecule has 0 saturated carbocycles. The van der Waals surface area contributed by atoms with Gasteiger partial charge in [-0.05, 0) is 19.1 Å². The smallest absolute Gasteiger partial charge is 0.404 e. The van der Waals surface area contributed by atoms with Gasteiger partial charge in [-0.3, -0.25) is 0 Å². The summed E-state index contributed by atoms with van der Waals surface area (Å²) in [6.07, 6.45) is 0.194. The predicted molar refractivity (Wildman–Crippen MR) is 80.8 cm³/mol. The van der Waals surface area contributed by atoms with Gasteiger partial charge < -0.3 is 15.7 Å². The fraction of sp³-hybridized carbons (Fsp3) is 0.273. The van der Waals surface area contributed by atoms with E-state index < -0.39 is 21.0 Å². The lowest BCUT2D eigenvalue weighted by molar-refractivity contribution is 0.163. The average Bonchev–Trinajstić information content (AvgIpc) is 2.33. The highest BCUT2D eigenvalue weighted by Crippen LogP contribution is 2.26. The lowest BCUT2D eigenvalue weighted by Gasteiger charge is -2.06. The summed E-state index contributed by atoms with van der Waals surface area (Å²) in [7, 11) is -3.68. The zero-order valence-corrected chi connectivity index (χ0v) is 13.5. The van der Waals surface area contributed by atoms with E-state index in [9.17, 15) is 13.2 Å². The number of hydrogen-bond donors (Lipinski definition) is 2. The molecule has 0 atom stereocenters. The molecule has 21 heavy (non-hydrogen) atoms. The largest absolute Gasteiger partial charge is 0.450 e. The molecular weight excluding hydrogens is 343 g/mol. The van der Waals surface area contributed by atoms with E-state index in [0.29, 0.717) is 6.61 Å². The van der Waals surface area contributed by atoms with Crippen molar-refractivity contribution in [3.05, 3.63) is 33.8 Å².